The van der Waals surface area contributed by atoms with Crippen molar-refractivity contribution < 1.29 is 24.1 Å². The van der Waals surface area contributed by atoms with Crippen LogP contribution < -0.4 is 14.2 Å². The van der Waals surface area contributed by atoms with Gasteiger partial charge in [-0.1, -0.05) is 32.0 Å². The number of aliphatic carboxylic acids is 1. The van der Waals surface area contributed by atoms with Crippen molar-refractivity contribution in [3.63, 3.8) is 0 Å². The molecular formula is C22H25NO5. The SMILES string of the molecule is COc1cc(OC)c(-c2[nH]c3c(C(C)C)cccc3c2CC(=O)O)cc1OC. The summed E-state index contributed by atoms with van der Waals surface area (Å²) in [5.41, 5.74) is 4.23. The van der Waals surface area contributed by atoms with Crippen LogP contribution in [0.25, 0.3) is 22.2 Å². The molecule has 2 N–H and O–H groups in total. The highest BCUT2D eigenvalue weighted by atomic mass is 16.5. The first kappa shape index (κ1) is 19.6. The van der Waals surface area contributed by atoms with Gasteiger partial charge in [0.15, 0.2) is 11.5 Å². The zero-order valence-electron chi connectivity index (χ0n) is 16.8. The molecule has 1 aromatic heterocycles. The smallest absolute Gasteiger partial charge is 0.307 e. The molecule has 0 aliphatic heterocycles. The van der Waals surface area contributed by atoms with Gasteiger partial charge in [-0.2, -0.15) is 0 Å². The summed E-state index contributed by atoms with van der Waals surface area (Å²) >= 11 is 0. The number of rotatable bonds is 7. The van der Waals surface area contributed by atoms with E-state index in [1.54, 1.807) is 27.4 Å². The molecule has 148 valence electrons. The first-order valence-corrected chi connectivity index (χ1v) is 9.06. The molecule has 0 aliphatic rings. The molecule has 0 spiro atoms. The van der Waals surface area contributed by atoms with Crippen molar-refractivity contribution in [1.82, 2.24) is 4.98 Å². The number of hydrogen-bond acceptors (Lipinski definition) is 4. The van der Waals surface area contributed by atoms with E-state index in [1.165, 1.54) is 0 Å². The molecular weight excluding hydrogens is 358 g/mol. The Morgan fingerprint density at radius 2 is 1.68 bits per heavy atom. The molecule has 0 radical (unpaired) electrons. The topological polar surface area (TPSA) is 80.8 Å². The molecule has 3 aromatic rings. The second kappa shape index (κ2) is 7.84. The van der Waals surface area contributed by atoms with Gasteiger partial charge in [0.25, 0.3) is 0 Å². The molecule has 3 rings (SSSR count). The van der Waals surface area contributed by atoms with Crippen molar-refractivity contribution in [3.05, 3.63) is 41.5 Å². The minimum Gasteiger partial charge on any atom is -0.496 e. The number of fused-ring (bicyclic) bond motifs is 1. The lowest BCUT2D eigenvalue weighted by molar-refractivity contribution is -0.136. The molecule has 0 saturated carbocycles. The van der Waals surface area contributed by atoms with Gasteiger partial charge < -0.3 is 24.3 Å². The van der Waals surface area contributed by atoms with E-state index in [1.807, 2.05) is 18.2 Å². The Bertz CT molecular complexity index is 1020. The molecule has 28 heavy (non-hydrogen) atoms. The van der Waals surface area contributed by atoms with Gasteiger partial charge in [0, 0.05) is 22.5 Å². The van der Waals surface area contributed by atoms with Gasteiger partial charge in [-0.3, -0.25) is 4.79 Å². The number of nitrogens with one attached hydrogen (secondary N) is 1. The molecule has 1 heterocycles. The van der Waals surface area contributed by atoms with E-state index in [0.717, 1.165) is 27.6 Å². The number of hydrogen-bond donors (Lipinski definition) is 2. The number of carboxylic acids is 1. The van der Waals surface area contributed by atoms with Gasteiger partial charge in [-0.05, 0) is 23.1 Å². The predicted octanol–water partition coefficient (Wildman–Crippen LogP) is 4.61. The predicted molar refractivity (Wildman–Crippen MR) is 109 cm³/mol. The van der Waals surface area contributed by atoms with Crippen LogP contribution in [0.2, 0.25) is 0 Å². The molecule has 0 unspecified atom stereocenters. The van der Waals surface area contributed by atoms with E-state index in [0.29, 0.717) is 28.9 Å². The largest absolute Gasteiger partial charge is 0.496 e. The van der Waals surface area contributed by atoms with Crippen LogP contribution in [-0.4, -0.2) is 37.4 Å². The number of para-hydroxylation sites is 1. The van der Waals surface area contributed by atoms with Gasteiger partial charge in [-0.25, -0.2) is 0 Å². The van der Waals surface area contributed by atoms with Crippen molar-refractivity contribution in [2.75, 3.05) is 21.3 Å². The third kappa shape index (κ3) is 3.38. The Kier molecular flexibility index (Phi) is 5.49. The maximum absolute atomic E-state index is 11.6. The van der Waals surface area contributed by atoms with Gasteiger partial charge in [0.1, 0.15) is 5.75 Å². The fourth-order valence-electron chi connectivity index (χ4n) is 3.57. The lowest BCUT2D eigenvalue weighted by Crippen LogP contribution is -2.02. The average Bonchev–Trinajstić information content (AvgIpc) is 3.04. The van der Waals surface area contributed by atoms with Crippen LogP contribution in [-0.2, 0) is 11.2 Å². The fraction of sp³-hybridized carbons (Fsp3) is 0.318. The number of carboxylic acid groups (broad SMARTS) is 1. The Hall–Kier alpha value is -3.15. The van der Waals surface area contributed by atoms with Crippen molar-refractivity contribution in [2.24, 2.45) is 0 Å². The average molecular weight is 383 g/mol. The van der Waals surface area contributed by atoms with Crippen LogP contribution in [0, 0.1) is 0 Å². The second-order valence-corrected chi connectivity index (χ2v) is 6.88. The van der Waals surface area contributed by atoms with Crippen LogP contribution in [0.15, 0.2) is 30.3 Å². The molecule has 0 aliphatic carbocycles. The normalized spacial score (nSPS) is 11.1. The van der Waals surface area contributed by atoms with Crippen LogP contribution in [0.5, 0.6) is 17.2 Å². The highest BCUT2D eigenvalue weighted by Gasteiger charge is 2.22. The van der Waals surface area contributed by atoms with Crippen molar-refractivity contribution >= 4 is 16.9 Å². The lowest BCUT2D eigenvalue weighted by atomic mass is 9.97. The summed E-state index contributed by atoms with van der Waals surface area (Å²) in [6.45, 7) is 4.23. The van der Waals surface area contributed by atoms with E-state index >= 15 is 0 Å². The van der Waals surface area contributed by atoms with Crippen LogP contribution >= 0.6 is 0 Å². The Labute approximate surface area is 164 Å². The number of aromatic amines is 1. The quantitative estimate of drug-likeness (QED) is 0.623. The Morgan fingerprint density at radius 1 is 1.04 bits per heavy atom. The minimum atomic E-state index is -0.892. The lowest BCUT2D eigenvalue weighted by Gasteiger charge is -2.14. The van der Waals surface area contributed by atoms with Gasteiger partial charge in [-0.15, -0.1) is 0 Å². The number of methoxy groups -OCH3 is 3. The summed E-state index contributed by atoms with van der Waals surface area (Å²) in [7, 11) is 4.70. The molecule has 0 saturated heterocycles. The third-order valence-electron chi connectivity index (χ3n) is 4.90. The van der Waals surface area contributed by atoms with E-state index in [9.17, 15) is 9.90 Å². The van der Waals surface area contributed by atoms with E-state index in [4.69, 9.17) is 14.2 Å². The first-order chi connectivity index (χ1) is 13.4. The van der Waals surface area contributed by atoms with E-state index < -0.39 is 5.97 Å². The van der Waals surface area contributed by atoms with Crippen LogP contribution in [0.1, 0.15) is 30.9 Å². The first-order valence-electron chi connectivity index (χ1n) is 9.06. The summed E-state index contributed by atoms with van der Waals surface area (Å²) in [4.78, 5) is 15.1. The van der Waals surface area contributed by atoms with Gasteiger partial charge >= 0.3 is 5.97 Å². The Morgan fingerprint density at radius 3 is 2.25 bits per heavy atom. The minimum absolute atomic E-state index is 0.103. The van der Waals surface area contributed by atoms with Crippen LogP contribution in [0.3, 0.4) is 0 Å². The van der Waals surface area contributed by atoms with E-state index in [2.05, 4.69) is 24.9 Å². The summed E-state index contributed by atoms with van der Waals surface area (Å²) in [6, 6.07) is 9.53. The monoisotopic (exact) mass is 383 g/mol. The Balaban J connectivity index is 2.36. The second-order valence-electron chi connectivity index (χ2n) is 6.88. The maximum Gasteiger partial charge on any atom is 0.307 e. The summed E-state index contributed by atoms with van der Waals surface area (Å²) < 4.78 is 16.4. The summed E-state index contributed by atoms with van der Waals surface area (Å²) in [5.74, 6) is 1.06. The van der Waals surface area contributed by atoms with Crippen molar-refractivity contribution in [2.45, 2.75) is 26.2 Å². The number of ether oxygens (including phenoxy) is 3. The number of benzene rings is 2. The number of H-pyrrole nitrogens is 1. The molecule has 6 heteroatoms. The molecule has 2 aromatic carbocycles. The molecule has 0 bridgehead atoms. The van der Waals surface area contributed by atoms with E-state index in [-0.39, 0.29) is 6.42 Å². The molecule has 0 atom stereocenters. The zero-order chi connectivity index (χ0) is 20.4. The number of carbonyl (C=O) groups is 1. The highest BCUT2D eigenvalue weighted by molar-refractivity contribution is 5.96. The fourth-order valence-corrected chi connectivity index (χ4v) is 3.57. The zero-order valence-corrected chi connectivity index (χ0v) is 16.8. The maximum atomic E-state index is 11.6. The summed E-state index contributed by atoms with van der Waals surface area (Å²) in [6.07, 6.45) is -0.103. The van der Waals surface area contributed by atoms with Crippen molar-refractivity contribution in [3.8, 4) is 28.5 Å². The van der Waals surface area contributed by atoms with Crippen molar-refractivity contribution in [1.29, 1.82) is 0 Å². The highest BCUT2D eigenvalue weighted by Crippen LogP contribution is 2.43. The van der Waals surface area contributed by atoms with Gasteiger partial charge in [0.2, 0.25) is 0 Å². The number of aromatic nitrogens is 1. The molecule has 6 nitrogen and oxygen atoms in total. The van der Waals surface area contributed by atoms with Gasteiger partial charge in [0.05, 0.1) is 33.4 Å². The standard InChI is InChI=1S/C22H25NO5/c1-12(2)13-7-6-8-14-15(10-20(24)25)22(23-21(13)14)16-9-18(27-4)19(28-5)11-17(16)26-3/h6-9,11-12,23H,10H2,1-5H3,(H,24,25). The molecule has 0 amide bonds. The third-order valence-corrected chi connectivity index (χ3v) is 4.90. The van der Waals surface area contributed by atoms with Crippen LogP contribution in [0.4, 0.5) is 0 Å². The molecule has 0 fully saturated rings. The summed E-state index contributed by atoms with van der Waals surface area (Å²) in [5, 5.41) is 10.4.